The van der Waals surface area contributed by atoms with Crippen LogP contribution in [0.15, 0.2) is 10.8 Å². The number of nitrogens with one attached hydrogen (secondary N) is 1. The first-order valence-electron chi connectivity index (χ1n) is 4.11. The molecule has 74 valence electrons. The van der Waals surface area contributed by atoms with Crippen molar-refractivity contribution in [3.63, 3.8) is 0 Å². The SMILES string of the molecule is Cc1cscc1Cn1c(N)n[nH]c1=S. The number of aryl methyl sites for hydroxylation is 1. The first kappa shape index (κ1) is 9.42. The summed E-state index contributed by atoms with van der Waals surface area (Å²) in [5, 5.41) is 10.7. The summed E-state index contributed by atoms with van der Waals surface area (Å²) in [5.41, 5.74) is 8.16. The van der Waals surface area contributed by atoms with Crippen LogP contribution in [-0.2, 0) is 6.54 Å². The molecule has 0 fully saturated rings. The van der Waals surface area contributed by atoms with E-state index in [2.05, 4.69) is 27.9 Å². The average Bonchev–Trinajstić information content (AvgIpc) is 2.67. The molecule has 0 bridgehead atoms. The lowest BCUT2D eigenvalue weighted by Crippen LogP contribution is -2.04. The van der Waals surface area contributed by atoms with Crippen LogP contribution in [0.2, 0.25) is 0 Å². The van der Waals surface area contributed by atoms with Gasteiger partial charge < -0.3 is 5.73 Å². The van der Waals surface area contributed by atoms with Crippen molar-refractivity contribution in [3.8, 4) is 0 Å². The van der Waals surface area contributed by atoms with Gasteiger partial charge in [-0.15, -0.1) is 5.10 Å². The number of nitrogens with zero attached hydrogens (tertiary/aromatic N) is 2. The third-order valence-electron chi connectivity index (χ3n) is 2.08. The second kappa shape index (κ2) is 3.55. The van der Waals surface area contributed by atoms with Crippen molar-refractivity contribution in [1.29, 1.82) is 0 Å². The minimum atomic E-state index is 0.431. The van der Waals surface area contributed by atoms with Gasteiger partial charge in [0, 0.05) is 0 Å². The summed E-state index contributed by atoms with van der Waals surface area (Å²) in [6, 6.07) is 0. The predicted molar refractivity (Wildman–Crippen MR) is 60.0 cm³/mol. The maximum Gasteiger partial charge on any atom is 0.220 e. The molecule has 2 rings (SSSR count). The Labute approximate surface area is 90.4 Å². The smallest absolute Gasteiger partial charge is 0.220 e. The third kappa shape index (κ3) is 1.58. The highest BCUT2D eigenvalue weighted by Crippen LogP contribution is 2.16. The van der Waals surface area contributed by atoms with E-state index in [-0.39, 0.29) is 0 Å². The van der Waals surface area contributed by atoms with E-state index in [0.717, 1.165) is 0 Å². The van der Waals surface area contributed by atoms with E-state index in [1.165, 1.54) is 11.1 Å². The van der Waals surface area contributed by atoms with Crippen molar-refractivity contribution in [1.82, 2.24) is 14.8 Å². The summed E-state index contributed by atoms with van der Waals surface area (Å²) in [6.45, 7) is 2.77. The van der Waals surface area contributed by atoms with E-state index in [0.29, 0.717) is 17.3 Å². The summed E-state index contributed by atoms with van der Waals surface area (Å²) in [5.74, 6) is 0.431. The van der Waals surface area contributed by atoms with E-state index < -0.39 is 0 Å². The Hall–Kier alpha value is -1.14. The molecule has 3 N–H and O–H groups in total. The normalized spacial score (nSPS) is 10.6. The van der Waals surface area contributed by atoms with E-state index in [1.807, 2.05) is 0 Å². The molecule has 6 heteroatoms. The van der Waals surface area contributed by atoms with Crippen molar-refractivity contribution in [2.45, 2.75) is 13.5 Å². The van der Waals surface area contributed by atoms with Gasteiger partial charge in [0.2, 0.25) is 5.95 Å². The maximum atomic E-state index is 5.67. The number of hydrogen-bond donors (Lipinski definition) is 2. The van der Waals surface area contributed by atoms with Crippen molar-refractivity contribution < 1.29 is 0 Å². The quantitative estimate of drug-likeness (QED) is 0.769. The Kier molecular flexibility index (Phi) is 2.39. The van der Waals surface area contributed by atoms with E-state index in [9.17, 15) is 0 Å². The number of aromatic nitrogens is 3. The zero-order valence-corrected chi connectivity index (χ0v) is 9.28. The molecule has 4 nitrogen and oxygen atoms in total. The molecule has 0 spiro atoms. The zero-order chi connectivity index (χ0) is 10.1. The molecule has 14 heavy (non-hydrogen) atoms. The molecular weight excluding hydrogens is 216 g/mol. The van der Waals surface area contributed by atoms with Crippen molar-refractivity contribution >= 4 is 29.5 Å². The lowest BCUT2D eigenvalue weighted by molar-refractivity contribution is 0.792. The highest BCUT2D eigenvalue weighted by atomic mass is 32.1. The summed E-state index contributed by atoms with van der Waals surface area (Å²) in [4.78, 5) is 0. The van der Waals surface area contributed by atoms with Gasteiger partial charge in [-0.05, 0) is 41.0 Å². The molecule has 2 aromatic rings. The first-order chi connectivity index (χ1) is 6.68. The number of anilines is 1. The number of nitrogens with two attached hydrogens (primary N) is 1. The minimum Gasteiger partial charge on any atom is -0.368 e. The molecule has 0 aliphatic rings. The molecule has 2 aromatic heterocycles. The van der Waals surface area contributed by atoms with Crippen molar-refractivity contribution in [2.24, 2.45) is 0 Å². The fourth-order valence-electron chi connectivity index (χ4n) is 1.20. The summed E-state index contributed by atoms with van der Waals surface area (Å²) in [7, 11) is 0. The monoisotopic (exact) mass is 226 g/mol. The van der Waals surface area contributed by atoms with Crippen LogP contribution in [0.3, 0.4) is 0 Å². The van der Waals surface area contributed by atoms with Crippen LogP contribution in [-0.4, -0.2) is 14.8 Å². The minimum absolute atomic E-state index is 0.431. The summed E-state index contributed by atoms with van der Waals surface area (Å²) < 4.78 is 2.35. The van der Waals surface area contributed by atoms with Gasteiger partial charge in [0.15, 0.2) is 4.77 Å². The highest BCUT2D eigenvalue weighted by Gasteiger charge is 2.05. The number of aromatic amines is 1. The van der Waals surface area contributed by atoms with Gasteiger partial charge in [-0.3, -0.25) is 4.57 Å². The molecule has 0 amide bonds. The van der Waals surface area contributed by atoms with Gasteiger partial charge in [0.25, 0.3) is 0 Å². The fourth-order valence-corrected chi connectivity index (χ4v) is 2.25. The van der Waals surface area contributed by atoms with E-state index >= 15 is 0 Å². The molecule has 0 radical (unpaired) electrons. The van der Waals surface area contributed by atoms with E-state index in [4.69, 9.17) is 18.0 Å². The Morgan fingerprint density at radius 1 is 1.64 bits per heavy atom. The van der Waals surface area contributed by atoms with Crippen LogP contribution in [0, 0.1) is 11.7 Å². The Bertz CT molecular complexity index is 493. The number of hydrogen-bond acceptors (Lipinski definition) is 4. The highest BCUT2D eigenvalue weighted by molar-refractivity contribution is 7.71. The number of nitrogen functional groups attached to an aromatic ring is 1. The summed E-state index contributed by atoms with van der Waals surface area (Å²) in [6.07, 6.45) is 0. The average molecular weight is 226 g/mol. The van der Waals surface area contributed by atoms with Gasteiger partial charge in [-0.25, -0.2) is 5.10 Å². The van der Waals surface area contributed by atoms with Crippen LogP contribution in [0.1, 0.15) is 11.1 Å². The van der Waals surface area contributed by atoms with Gasteiger partial charge in [-0.1, -0.05) is 0 Å². The van der Waals surface area contributed by atoms with Crippen molar-refractivity contribution in [2.75, 3.05) is 5.73 Å². The molecule has 0 aliphatic carbocycles. The Morgan fingerprint density at radius 3 is 2.93 bits per heavy atom. The molecule has 0 atom stereocenters. The zero-order valence-electron chi connectivity index (χ0n) is 7.65. The molecule has 2 heterocycles. The van der Waals surface area contributed by atoms with Gasteiger partial charge in [0.05, 0.1) is 6.54 Å². The number of thiophene rings is 1. The number of H-pyrrole nitrogens is 1. The van der Waals surface area contributed by atoms with Gasteiger partial charge >= 0.3 is 0 Å². The topological polar surface area (TPSA) is 59.6 Å². The second-order valence-corrected chi connectivity index (χ2v) is 4.18. The number of rotatable bonds is 2. The first-order valence-corrected chi connectivity index (χ1v) is 5.46. The van der Waals surface area contributed by atoms with Crippen LogP contribution in [0.4, 0.5) is 5.95 Å². The largest absolute Gasteiger partial charge is 0.368 e. The van der Waals surface area contributed by atoms with Crippen LogP contribution >= 0.6 is 23.6 Å². The predicted octanol–water partition coefficient (Wildman–Crippen LogP) is 1.94. The Morgan fingerprint density at radius 2 is 2.43 bits per heavy atom. The molecule has 0 saturated carbocycles. The maximum absolute atomic E-state index is 5.67. The van der Waals surface area contributed by atoms with Crippen LogP contribution in [0.25, 0.3) is 0 Å². The lowest BCUT2D eigenvalue weighted by Gasteiger charge is -2.02. The molecular formula is C8H10N4S2. The second-order valence-electron chi connectivity index (χ2n) is 3.05. The van der Waals surface area contributed by atoms with Gasteiger partial charge in [0.1, 0.15) is 0 Å². The van der Waals surface area contributed by atoms with Gasteiger partial charge in [-0.2, -0.15) is 11.3 Å². The summed E-state index contributed by atoms with van der Waals surface area (Å²) >= 11 is 6.74. The molecule has 0 aromatic carbocycles. The van der Waals surface area contributed by atoms with E-state index in [1.54, 1.807) is 15.9 Å². The fraction of sp³-hybridized carbons (Fsp3) is 0.250. The van der Waals surface area contributed by atoms with Crippen molar-refractivity contribution in [3.05, 3.63) is 26.7 Å². The Balaban J connectivity index is 2.36. The third-order valence-corrected chi connectivity index (χ3v) is 3.30. The standard InChI is InChI=1S/C8H10N4S2/c1-5-3-14-4-6(5)2-12-7(9)10-11-8(12)13/h3-4H,2H2,1H3,(H2,9,10)(H,11,13). The lowest BCUT2D eigenvalue weighted by atomic mass is 10.2. The van der Waals surface area contributed by atoms with Crippen LogP contribution in [0.5, 0.6) is 0 Å². The molecule has 0 saturated heterocycles. The van der Waals surface area contributed by atoms with Crippen LogP contribution < -0.4 is 5.73 Å². The molecule has 0 aliphatic heterocycles. The molecule has 0 unspecified atom stereocenters.